The van der Waals surface area contributed by atoms with Crippen molar-refractivity contribution in [1.82, 2.24) is 0 Å². The molecular weight excluding hydrogens is 291 g/mol. The van der Waals surface area contributed by atoms with Crippen LogP contribution in [0.15, 0.2) is 54.6 Å². The highest BCUT2D eigenvalue weighted by atomic mass is 19.1. The van der Waals surface area contributed by atoms with Crippen LogP contribution in [-0.4, -0.2) is 22.4 Å². The van der Waals surface area contributed by atoms with E-state index in [4.69, 9.17) is 0 Å². The van der Waals surface area contributed by atoms with Gasteiger partial charge in [-0.3, -0.25) is 0 Å². The van der Waals surface area contributed by atoms with E-state index in [1.165, 1.54) is 0 Å². The highest BCUT2D eigenvalue weighted by Gasteiger charge is 2.49. The van der Waals surface area contributed by atoms with Crippen molar-refractivity contribution in [2.45, 2.75) is 24.0 Å². The first kappa shape index (κ1) is 13.2. The predicted octanol–water partition coefficient (Wildman–Crippen LogP) is 3.29. The molecule has 0 saturated heterocycles. The van der Waals surface area contributed by atoms with Crippen molar-refractivity contribution in [3.63, 3.8) is 0 Å². The van der Waals surface area contributed by atoms with Crippen molar-refractivity contribution >= 4 is 10.8 Å². The van der Waals surface area contributed by atoms with Gasteiger partial charge in [-0.1, -0.05) is 48.5 Å². The standard InChI is InChI=1S/C20H15FO2/c21-15-9-14-16(11-6-2-1-5-10(11)15)18-13-8-4-3-7-12(13)17(14)19(22)20(18)23/h1-9,17-20,22-23H. The van der Waals surface area contributed by atoms with E-state index >= 15 is 0 Å². The van der Waals surface area contributed by atoms with Gasteiger partial charge in [0.1, 0.15) is 5.82 Å². The summed E-state index contributed by atoms with van der Waals surface area (Å²) in [6, 6.07) is 16.8. The summed E-state index contributed by atoms with van der Waals surface area (Å²) in [5.41, 5.74) is 3.81. The molecule has 3 aliphatic carbocycles. The number of halogens is 1. The Morgan fingerprint density at radius 3 is 2.00 bits per heavy atom. The molecule has 2 nitrogen and oxygen atoms in total. The molecule has 3 aromatic rings. The predicted molar refractivity (Wildman–Crippen MR) is 86.0 cm³/mol. The number of aliphatic hydroxyl groups excluding tert-OH is 2. The van der Waals surface area contributed by atoms with Gasteiger partial charge in [0.05, 0.1) is 12.2 Å². The van der Waals surface area contributed by atoms with Gasteiger partial charge in [-0.2, -0.15) is 0 Å². The summed E-state index contributed by atoms with van der Waals surface area (Å²) in [4.78, 5) is 0. The van der Waals surface area contributed by atoms with Crippen molar-refractivity contribution in [2.75, 3.05) is 0 Å². The molecule has 0 aromatic heterocycles. The normalized spacial score (nSPS) is 27.8. The molecule has 0 spiro atoms. The summed E-state index contributed by atoms with van der Waals surface area (Å²) in [7, 11) is 0. The van der Waals surface area contributed by atoms with Gasteiger partial charge in [0, 0.05) is 17.2 Å². The van der Waals surface area contributed by atoms with Gasteiger partial charge >= 0.3 is 0 Å². The summed E-state index contributed by atoms with van der Waals surface area (Å²) in [5.74, 6) is -0.960. The summed E-state index contributed by atoms with van der Waals surface area (Å²) < 4.78 is 14.6. The third-order valence-corrected chi connectivity index (χ3v) is 5.41. The molecule has 4 atom stereocenters. The molecule has 0 amide bonds. The molecule has 114 valence electrons. The zero-order chi connectivity index (χ0) is 15.7. The maximum atomic E-state index is 14.6. The third kappa shape index (κ3) is 1.54. The lowest BCUT2D eigenvalue weighted by atomic mass is 9.60. The maximum Gasteiger partial charge on any atom is 0.131 e. The molecule has 4 unspecified atom stereocenters. The quantitative estimate of drug-likeness (QED) is 0.669. The van der Waals surface area contributed by atoms with Crippen molar-refractivity contribution < 1.29 is 14.6 Å². The maximum absolute atomic E-state index is 14.6. The molecule has 0 heterocycles. The zero-order valence-electron chi connectivity index (χ0n) is 12.3. The number of benzene rings is 3. The largest absolute Gasteiger partial charge is 0.389 e. The monoisotopic (exact) mass is 306 g/mol. The van der Waals surface area contributed by atoms with E-state index < -0.39 is 12.2 Å². The second-order valence-electron chi connectivity index (χ2n) is 6.47. The Morgan fingerprint density at radius 1 is 0.696 bits per heavy atom. The number of aliphatic hydroxyl groups is 2. The van der Waals surface area contributed by atoms with E-state index in [-0.39, 0.29) is 17.7 Å². The fourth-order valence-electron chi connectivity index (χ4n) is 4.50. The summed E-state index contributed by atoms with van der Waals surface area (Å²) in [6.45, 7) is 0. The zero-order valence-corrected chi connectivity index (χ0v) is 12.3. The second-order valence-corrected chi connectivity index (χ2v) is 6.47. The first-order chi connectivity index (χ1) is 11.2. The molecule has 3 aromatic carbocycles. The molecule has 2 bridgehead atoms. The van der Waals surface area contributed by atoms with Crippen molar-refractivity contribution in [3.05, 3.63) is 82.7 Å². The van der Waals surface area contributed by atoms with Gasteiger partial charge in [-0.25, -0.2) is 4.39 Å². The lowest BCUT2D eigenvalue weighted by molar-refractivity contribution is -0.0151. The van der Waals surface area contributed by atoms with E-state index in [1.54, 1.807) is 12.1 Å². The van der Waals surface area contributed by atoms with Crippen LogP contribution in [0, 0.1) is 5.82 Å². The first-order valence-electron chi connectivity index (χ1n) is 7.84. The van der Waals surface area contributed by atoms with Gasteiger partial charge in [-0.05, 0) is 33.7 Å². The molecule has 6 rings (SSSR count). The van der Waals surface area contributed by atoms with Crippen LogP contribution in [0.3, 0.4) is 0 Å². The molecule has 2 N–H and O–H groups in total. The van der Waals surface area contributed by atoms with Gasteiger partial charge in [0.2, 0.25) is 0 Å². The Morgan fingerprint density at radius 2 is 1.26 bits per heavy atom. The lowest BCUT2D eigenvalue weighted by Crippen LogP contribution is -2.47. The second kappa shape index (κ2) is 4.40. The minimum atomic E-state index is -0.900. The van der Waals surface area contributed by atoms with E-state index in [2.05, 4.69) is 0 Å². The number of hydrogen-bond acceptors (Lipinski definition) is 2. The van der Waals surface area contributed by atoms with Crippen LogP contribution in [0.1, 0.15) is 34.1 Å². The van der Waals surface area contributed by atoms with Crippen molar-refractivity contribution in [1.29, 1.82) is 0 Å². The van der Waals surface area contributed by atoms with Crippen LogP contribution in [0.2, 0.25) is 0 Å². The Balaban J connectivity index is 1.94. The smallest absolute Gasteiger partial charge is 0.131 e. The van der Waals surface area contributed by atoms with E-state index in [9.17, 15) is 14.6 Å². The average molecular weight is 306 g/mol. The minimum Gasteiger partial charge on any atom is -0.389 e. The highest BCUT2D eigenvalue weighted by Crippen LogP contribution is 2.54. The molecule has 23 heavy (non-hydrogen) atoms. The minimum absolute atomic E-state index is 0.272. The highest BCUT2D eigenvalue weighted by molar-refractivity contribution is 5.90. The van der Waals surface area contributed by atoms with Gasteiger partial charge in [-0.15, -0.1) is 0 Å². The van der Waals surface area contributed by atoms with E-state index in [0.717, 1.165) is 27.6 Å². The Hall–Kier alpha value is -2.23. The van der Waals surface area contributed by atoms with Crippen molar-refractivity contribution in [2.24, 2.45) is 0 Å². The molecule has 3 heteroatoms. The van der Waals surface area contributed by atoms with Crippen LogP contribution in [0.25, 0.3) is 10.8 Å². The molecular formula is C20H15FO2. The van der Waals surface area contributed by atoms with Gasteiger partial charge in [0.15, 0.2) is 0 Å². The third-order valence-electron chi connectivity index (χ3n) is 5.41. The fourth-order valence-corrected chi connectivity index (χ4v) is 4.50. The molecule has 0 saturated carbocycles. The topological polar surface area (TPSA) is 40.5 Å². The Bertz CT molecular complexity index is 950. The Kier molecular flexibility index (Phi) is 2.53. The Labute approximate surface area is 132 Å². The number of hydrogen-bond donors (Lipinski definition) is 2. The van der Waals surface area contributed by atoms with Crippen LogP contribution in [0.5, 0.6) is 0 Å². The summed E-state index contributed by atoms with van der Waals surface area (Å²) >= 11 is 0. The molecule has 0 aliphatic heterocycles. The van der Waals surface area contributed by atoms with Crippen molar-refractivity contribution in [3.8, 4) is 0 Å². The van der Waals surface area contributed by atoms with Crippen LogP contribution in [-0.2, 0) is 0 Å². The van der Waals surface area contributed by atoms with E-state index in [1.807, 2.05) is 42.5 Å². The lowest BCUT2D eigenvalue weighted by Gasteiger charge is -2.47. The van der Waals surface area contributed by atoms with Crippen LogP contribution >= 0.6 is 0 Å². The first-order valence-corrected chi connectivity index (χ1v) is 7.84. The summed E-state index contributed by atoms with van der Waals surface area (Å²) in [6.07, 6.45) is -1.76. The molecule has 3 aliphatic rings. The molecule has 0 fully saturated rings. The summed E-state index contributed by atoms with van der Waals surface area (Å²) in [5, 5.41) is 22.6. The van der Waals surface area contributed by atoms with Gasteiger partial charge in [0.25, 0.3) is 0 Å². The number of rotatable bonds is 0. The average Bonchev–Trinajstić information content (AvgIpc) is 2.58. The van der Waals surface area contributed by atoms with Gasteiger partial charge < -0.3 is 10.2 Å². The van der Waals surface area contributed by atoms with Crippen LogP contribution in [0.4, 0.5) is 4.39 Å². The number of fused-ring (bicyclic) bond motifs is 2. The fraction of sp³-hybridized carbons (Fsp3) is 0.200. The SMILES string of the molecule is OC1C2c3ccccc3C(c3c2cc(F)c2ccccc32)C1O. The van der Waals surface area contributed by atoms with E-state index in [0.29, 0.717) is 5.39 Å². The molecule has 0 radical (unpaired) electrons. The van der Waals surface area contributed by atoms with Crippen LogP contribution < -0.4 is 0 Å².